The SMILES string of the molecule is O=[N+]([O-])C=C1CCCSN1. The van der Waals surface area contributed by atoms with Gasteiger partial charge in [-0.15, -0.1) is 0 Å². The second-order valence-electron chi connectivity index (χ2n) is 1.99. The van der Waals surface area contributed by atoms with E-state index in [2.05, 4.69) is 4.72 Å². The lowest BCUT2D eigenvalue weighted by Gasteiger charge is -2.12. The molecular formula is C5H8N2O2S. The van der Waals surface area contributed by atoms with E-state index in [1.807, 2.05) is 0 Å². The zero-order valence-electron chi connectivity index (χ0n) is 5.37. The van der Waals surface area contributed by atoms with Crippen molar-refractivity contribution in [1.82, 2.24) is 4.72 Å². The Labute approximate surface area is 63.0 Å². The number of nitrogens with zero attached hydrogens (tertiary/aromatic N) is 1. The van der Waals surface area contributed by atoms with Crippen LogP contribution in [0, 0.1) is 10.1 Å². The molecule has 1 heterocycles. The molecule has 10 heavy (non-hydrogen) atoms. The molecule has 56 valence electrons. The largest absolute Gasteiger partial charge is 0.328 e. The lowest BCUT2D eigenvalue weighted by atomic mass is 10.3. The minimum Gasteiger partial charge on any atom is -0.328 e. The highest BCUT2D eigenvalue weighted by molar-refractivity contribution is 7.97. The molecule has 0 unspecified atom stereocenters. The molecule has 0 aliphatic carbocycles. The summed E-state index contributed by atoms with van der Waals surface area (Å²) < 4.78 is 2.89. The lowest BCUT2D eigenvalue weighted by Crippen LogP contribution is -2.12. The Balaban J connectivity index is 2.45. The fraction of sp³-hybridized carbons (Fsp3) is 0.600. The topological polar surface area (TPSA) is 55.2 Å². The summed E-state index contributed by atoms with van der Waals surface area (Å²) in [6.07, 6.45) is 2.86. The van der Waals surface area contributed by atoms with Crippen molar-refractivity contribution in [3.63, 3.8) is 0 Å². The summed E-state index contributed by atoms with van der Waals surface area (Å²) in [5.41, 5.74) is 0.723. The molecule has 1 N–H and O–H groups in total. The molecule has 0 bridgehead atoms. The first-order valence-electron chi connectivity index (χ1n) is 3.01. The van der Waals surface area contributed by atoms with Gasteiger partial charge in [-0.1, -0.05) is 11.9 Å². The highest BCUT2D eigenvalue weighted by Crippen LogP contribution is 2.15. The maximum Gasteiger partial charge on any atom is 0.254 e. The van der Waals surface area contributed by atoms with E-state index in [-0.39, 0.29) is 0 Å². The molecule has 5 heteroatoms. The number of allylic oxidation sites excluding steroid dienone is 1. The maximum atomic E-state index is 9.95. The van der Waals surface area contributed by atoms with Crippen molar-refractivity contribution in [1.29, 1.82) is 0 Å². The molecule has 1 fully saturated rings. The molecule has 1 aliphatic heterocycles. The predicted molar refractivity (Wildman–Crippen MR) is 39.9 cm³/mol. The van der Waals surface area contributed by atoms with Gasteiger partial charge in [0.25, 0.3) is 6.20 Å². The molecule has 0 spiro atoms. The summed E-state index contributed by atoms with van der Waals surface area (Å²) >= 11 is 1.52. The van der Waals surface area contributed by atoms with Crippen molar-refractivity contribution in [2.45, 2.75) is 12.8 Å². The van der Waals surface area contributed by atoms with Gasteiger partial charge in [0, 0.05) is 5.75 Å². The Kier molecular flexibility index (Phi) is 2.56. The minimum atomic E-state index is -0.422. The van der Waals surface area contributed by atoms with Crippen LogP contribution in [-0.2, 0) is 0 Å². The second kappa shape index (κ2) is 3.46. The minimum absolute atomic E-state index is 0.422. The van der Waals surface area contributed by atoms with Crippen LogP contribution in [0.5, 0.6) is 0 Å². The standard InChI is InChI=1S/C5H8N2O2S/c8-7(9)4-5-2-1-3-10-6-5/h4,6H,1-3H2. The molecule has 0 aromatic heterocycles. The summed E-state index contributed by atoms with van der Waals surface area (Å²) in [7, 11) is 0. The van der Waals surface area contributed by atoms with E-state index in [0.717, 1.165) is 30.5 Å². The van der Waals surface area contributed by atoms with Crippen molar-refractivity contribution in [2.75, 3.05) is 5.75 Å². The zero-order chi connectivity index (χ0) is 7.40. The monoisotopic (exact) mass is 160 g/mol. The first kappa shape index (κ1) is 7.40. The molecule has 0 radical (unpaired) electrons. The summed E-state index contributed by atoms with van der Waals surface area (Å²) in [5.74, 6) is 1.04. The van der Waals surface area contributed by atoms with Crippen molar-refractivity contribution in [3.8, 4) is 0 Å². The van der Waals surface area contributed by atoms with Crippen LogP contribution in [0.2, 0.25) is 0 Å². The van der Waals surface area contributed by atoms with Crippen LogP contribution in [0.3, 0.4) is 0 Å². The quantitative estimate of drug-likeness (QED) is 0.355. The molecule has 0 saturated carbocycles. The zero-order valence-corrected chi connectivity index (χ0v) is 6.19. The van der Waals surface area contributed by atoms with Crippen LogP contribution < -0.4 is 4.72 Å². The molecule has 0 atom stereocenters. The molecular weight excluding hydrogens is 152 g/mol. The number of nitrogens with one attached hydrogen (secondary N) is 1. The average Bonchev–Trinajstić information content (AvgIpc) is 1.88. The van der Waals surface area contributed by atoms with E-state index in [9.17, 15) is 10.1 Å². The van der Waals surface area contributed by atoms with Gasteiger partial charge in [0.1, 0.15) is 0 Å². The van der Waals surface area contributed by atoms with E-state index < -0.39 is 4.92 Å². The van der Waals surface area contributed by atoms with Crippen molar-refractivity contribution < 1.29 is 4.92 Å². The Morgan fingerprint density at radius 1 is 1.80 bits per heavy atom. The molecule has 1 rings (SSSR count). The number of rotatable bonds is 1. The predicted octanol–water partition coefficient (Wildman–Crippen LogP) is 1.14. The molecule has 4 nitrogen and oxygen atoms in total. The summed E-state index contributed by atoms with van der Waals surface area (Å²) in [4.78, 5) is 9.53. The van der Waals surface area contributed by atoms with Gasteiger partial charge >= 0.3 is 0 Å². The van der Waals surface area contributed by atoms with Crippen molar-refractivity contribution >= 4 is 11.9 Å². The van der Waals surface area contributed by atoms with Crippen LogP contribution >= 0.6 is 11.9 Å². The highest BCUT2D eigenvalue weighted by Gasteiger charge is 2.07. The third-order valence-electron chi connectivity index (χ3n) is 1.16. The van der Waals surface area contributed by atoms with Gasteiger partial charge in [-0.25, -0.2) is 0 Å². The van der Waals surface area contributed by atoms with Gasteiger partial charge in [-0.3, -0.25) is 10.1 Å². The summed E-state index contributed by atoms with van der Waals surface area (Å²) in [6.45, 7) is 0. The van der Waals surface area contributed by atoms with Crippen LogP contribution in [0.25, 0.3) is 0 Å². The second-order valence-corrected chi connectivity index (χ2v) is 2.89. The van der Waals surface area contributed by atoms with Gasteiger partial charge in [0.15, 0.2) is 0 Å². The van der Waals surface area contributed by atoms with Gasteiger partial charge < -0.3 is 4.72 Å². The molecule has 0 aromatic carbocycles. The number of nitro groups is 1. The first-order chi connectivity index (χ1) is 4.79. The fourth-order valence-electron chi connectivity index (χ4n) is 0.748. The Hall–Kier alpha value is -0.710. The maximum absolute atomic E-state index is 9.95. The fourth-order valence-corrected chi connectivity index (χ4v) is 1.48. The number of hydrogen-bond donors (Lipinski definition) is 1. The summed E-state index contributed by atoms with van der Waals surface area (Å²) in [5, 5.41) is 9.95. The van der Waals surface area contributed by atoms with Gasteiger partial charge in [-0.05, 0) is 12.8 Å². The molecule has 0 aromatic rings. The third kappa shape index (κ3) is 2.26. The summed E-state index contributed by atoms with van der Waals surface area (Å²) in [6, 6.07) is 0. The number of hydrogen-bond acceptors (Lipinski definition) is 4. The van der Waals surface area contributed by atoms with E-state index >= 15 is 0 Å². The molecule has 1 saturated heterocycles. The van der Waals surface area contributed by atoms with Crippen LogP contribution in [0.4, 0.5) is 0 Å². The normalized spacial score (nSPS) is 22.2. The van der Waals surface area contributed by atoms with Crippen molar-refractivity contribution in [3.05, 3.63) is 22.0 Å². The van der Waals surface area contributed by atoms with Gasteiger partial charge in [0.2, 0.25) is 0 Å². The van der Waals surface area contributed by atoms with Crippen LogP contribution in [0.1, 0.15) is 12.8 Å². The van der Waals surface area contributed by atoms with Gasteiger partial charge in [-0.2, -0.15) is 0 Å². The van der Waals surface area contributed by atoms with E-state index in [1.165, 1.54) is 11.9 Å². The Morgan fingerprint density at radius 2 is 2.60 bits per heavy atom. The van der Waals surface area contributed by atoms with Gasteiger partial charge in [0.05, 0.1) is 10.6 Å². The van der Waals surface area contributed by atoms with Crippen LogP contribution in [0.15, 0.2) is 11.9 Å². The molecule has 0 amide bonds. The van der Waals surface area contributed by atoms with Crippen LogP contribution in [-0.4, -0.2) is 10.7 Å². The smallest absolute Gasteiger partial charge is 0.254 e. The van der Waals surface area contributed by atoms with E-state index in [1.54, 1.807) is 0 Å². The third-order valence-corrected chi connectivity index (χ3v) is 2.06. The Bertz CT molecular complexity index is 161. The molecule has 1 aliphatic rings. The Morgan fingerprint density at radius 3 is 3.10 bits per heavy atom. The lowest BCUT2D eigenvalue weighted by molar-refractivity contribution is -0.403. The van der Waals surface area contributed by atoms with Crippen molar-refractivity contribution in [2.24, 2.45) is 0 Å². The average molecular weight is 160 g/mol. The first-order valence-corrected chi connectivity index (χ1v) is 3.99. The van der Waals surface area contributed by atoms with E-state index in [0.29, 0.717) is 0 Å². The van der Waals surface area contributed by atoms with E-state index in [4.69, 9.17) is 0 Å². The highest BCUT2D eigenvalue weighted by atomic mass is 32.2.